The molecule has 0 aromatic heterocycles. The molecule has 0 saturated carbocycles. The van der Waals surface area contributed by atoms with E-state index in [1.54, 1.807) is 24.3 Å². The normalized spacial score (nSPS) is 16.6. The van der Waals surface area contributed by atoms with E-state index < -0.39 is 28.3 Å². The van der Waals surface area contributed by atoms with Gasteiger partial charge in [-0.05, 0) is 29.8 Å². The summed E-state index contributed by atoms with van der Waals surface area (Å²) in [7, 11) is 4.28. The largest absolute Gasteiger partial charge is 0.493 e. The van der Waals surface area contributed by atoms with Crippen LogP contribution in [0.3, 0.4) is 0 Å². The number of hydrazine groups is 1. The molecule has 1 aliphatic rings. The summed E-state index contributed by atoms with van der Waals surface area (Å²) in [5.41, 5.74) is 6.57. The van der Waals surface area contributed by atoms with Crippen molar-refractivity contribution in [2.75, 3.05) is 26.6 Å². The van der Waals surface area contributed by atoms with Crippen molar-refractivity contribution in [2.24, 2.45) is 0 Å². The molecule has 0 bridgehead atoms. The minimum atomic E-state index is -0.816. The smallest absolute Gasteiger partial charge is 0.306 e. The van der Waals surface area contributed by atoms with Gasteiger partial charge in [-0.25, -0.2) is 0 Å². The average molecular weight is 536 g/mol. The molecule has 3 amide bonds. The third-order valence-corrected chi connectivity index (χ3v) is 7.08. The van der Waals surface area contributed by atoms with Crippen molar-refractivity contribution in [2.45, 2.75) is 29.8 Å². The number of carbonyl (C=O) groups excluding carboxylic acids is 4. The van der Waals surface area contributed by atoms with Crippen LogP contribution >= 0.6 is 23.4 Å². The number of methoxy groups -OCH3 is 3. The zero-order valence-corrected chi connectivity index (χ0v) is 21.5. The van der Waals surface area contributed by atoms with Gasteiger partial charge in [-0.3, -0.25) is 30.0 Å². The highest BCUT2D eigenvalue weighted by Crippen LogP contribution is 2.49. The number of ether oxygens (including phenoxy) is 3. The Hall–Kier alpha value is -3.44. The molecule has 0 radical (unpaired) electrons. The van der Waals surface area contributed by atoms with Gasteiger partial charge in [-0.1, -0.05) is 23.7 Å². The minimum absolute atomic E-state index is 0.121. The van der Waals surface area contributed by atoms with Crippen molar-refractivity contribution in [3.63, 3.8) is 0 Å². The summed E-state index contributed by atoms with van der Waals surface area (Å²) in [6.07, 6.45) is -0.498. The fourth-order valence-corrected chi connectivity index (χ4v) is 5.23. The van der Waals surface area contributed by atoms with Crippen LogP contribution in [0.25, 0.3) is 0 Å². The molecule has 2 unspecified atom stereocenters. The maximum atomic E-state index is 13.1. The molecule has 36 heavy (non-hydrogen) atoms. The lowest BCUT2D eigenvalue weighted by molar-refractivity contribution is -0.142. The second-order valence-electron chi connectivity index (χ2n) is 7.68. The Bertz CT molecular complexity index is 1160. The van der Waals surface area contributed by atoms with Crippen LogP contribution in [0.5, 0.6) is 11.5 Å². The maximum Gasteiger partial charge on any atom is 0.306 e. The third kappa shape index (κ3) is 6.61. The van der Waals surface area contributed by atoms with E-state index >= 15 is 0 Å². The maximum absolute atomic E-state index is 13.1. The Labute approximate surface area is 217 Å². The molecule has 1 aliphatic heterocycles. The summed E-state index contributed by atoms with van der Waals surface area (Å²) in [5, 5.41) is 2.10. The first kappa shape index (κ1) is 27.2. The Morgan fingerprint density at radius 2 is 1.75 bits per heavy atom. The summed E-state index contributed by atoms with van der Waals surface area (Å²) in [4.78, 5) is 48.7. The zero-order valence-electron chi connectivity index (χ0n) is 19.9. The van der Waals surface area contributed by atoms with Crippen molar-refractivity contribution in [3.8, 4) is 11.5 Å². The van der Waals surface area contributed by atoms with E-state index in [0.717, 1.165) is 11.1 Å². The van der Waals surface area contributed by atoms with Crippen LogP contribution in [0.15, 0.2) is 36.4 Å². The van der Waals surface area contributed by atoms with Crippen LogP contribution in [0.4, 0.5) is 5.69 Å². The number of rotatable bonds is 8. The predicted octanol–water partition coefficient (Wildman–Crippen LogP) is 2.99. The summed E-state index contributed by atoms with van der Waals surface area (Å²) >= 11 is 7.54. The Kier molecular flexibility index (Phi) is 9.43. The van der Waals surface area contributed by atoms with Crippen molar-refractivity contribution in [1.29, 1.82) is 0 Å². The standard InChI is InChI=1S/C24H26ClN3O7S/c1-33-17-6-4-5-14(22(17)35-3)23-15-11-13(25)7-8-16(15)26-24(32)18(36-23)12-20(30)28-27-19(29)9-10-21(31)34-2/h4-8,11,18,23H,9-10,12H2,1-3H3,(H,26,32)(H,27,29)(H,28,30). The Morgan fingerprint density at radius 1 is 1.00 bits per heavy atom. The molecule has 0 spiro atoms. The fraction of sp³-hybridized carbons (Fsp3) is 0.333. The van der Waals surface area contributed by atoms with E-state index in [0.29, 0.717) is 22.2 Å². The van der Waals surface area contributed by atoms with E-state index in [2.05, 4.69) is 20.9 Å². The highest BCUT2D eigenvalue weighted by molar-refractivity contribution is 8.01. The molecular formula is C24H26ClN3O7S. The van der Waals surface area contributed by atoms with Gasteiger partial charge < -0.3 is 19.5 Å². The van der Waals surface area contributed by atoms with Crippen molar-refractivity contribution >= 4 is 52.7 Å². The fourth-order valence-electron chi connectivity index (χ4n) is 3.62. The van der Waals surface area contributed by atoms with Crippen LogP contribution in [0, 0.1) is 0 Å². The number of amides is 3. The second-order valence-corrected chi connectivity index (χ2v) is 9.43. The minimum Gasteiger partial charge on any atom is -0.493 e. The van der Waals surface area contributed by atoms with Crippen LogP contribution in [-0.2, 0) is 23.9 Å². The average Bonchev–Trinajstić information content (AvgIpc) is 3.01. The molecule has 10 nitrogen and oxygen atoms in total. The number of benzene rings is 2. The first-order valence-electron chi connectivity index (χ1n) is 10.9. The lowest BCUT2D eigenvalue weighted by Crippen LogP contribution is -2.43. The zero-order chi connectivity index (χ0) is 26.2. The predicted molar refractivity (Wildman–Crippen MR) is 135 cm³/mol. The van der Waals surface area contributed by atoms with Gasteiger partial charge in [0.05, 0.1) is 38.3 Å². The molecule has 3 N–H and O–H groups in total. The Balaban J connectivity index is 1.83. The third-order valence-electron chi connectivity index (χ3n) is 5.36. The molecule has 1 heterocycles. The number of hydrogen-bond donors (Lipinski definition) is 3. The molecule has 2 atom stereocenters. The first-order chi connectivity index (χ1) is 17.3. The molecule has 0 saturated heterocycles. The molecule has 0 fully saturated rings. The molecule has 2 aromatic carbocycles. The number of thioether (sulfide) groups is 1. The van der Waals surface area contributed by atoms with Gasteiger partial charge in [-0.2, -0.15) is 0 Å². The summed E-state index contributed by atoms with van der Waals surface area (Å²) in [6.45, 7) is 0. The number of anilines is 1. The van der Waals surface area contributed by atoms with Crippen molar-refractivity contribution in [1.82, 2.24) is 10.9 Å². The van der Waals surface area contributed by atoms with Crippen LogP contribution in [0.2, 0.25) is 5.02 Å². The summed E-state index contributed by atoms with van der Waals surface area (Å²) in [6, 6.07) is 10.6. The molecular weight excluding hydrogens is 510 g/mol. The highest BCUT2D eigenvalue weighted by Gasteiger charge is 2.35. The molecule has 0 aliphatic carbocycles. The highest BCUT2D eigenvalue weighted by atomic mass is 35.5. The lowest BCUT2D eigenvalue weighted by Gasteiger charge is -2.23. The molecule has 2 aromatic rings. The summed E-state index contributed by atoms with van der Waals surface area (Å²) < 4.78 is 15.6. The molecule has 3 rings (SSSR count). The number of nitrogens with one attached hydrogen (secondary N) is 3. The number of carbonyl (C=O) groups is 4. The van der Waals surface area contributed by atoms with E-state index in [9.17, 15) is 19.2 Å². The van der Waals surface area contributed by atoms with E-state index in [4.69, 9.17) is 21.1 Å². The topological polar surface area (TPSA) is 132 Å². The Morgan fingerprint density at radius 3 is 2.44 bits per heavy atom. The summed E-state index contributed by atoms with van der Waals surface area (Å²) in [5.74, 6) is -1.03. The SMILES string of the molecule is COC(=O)CCC(=O)NNC(=O)CC1SC(c2cccc(OC)c2OC)c2cc(Cl)ccc2NC1=O. The van der Waals surface area contributed by atoms with Gasteiger partial charge in [-0.15, -0.1) is 11.8 Å². The number of fused-ring (bicyclic) bond motifs is 1. The van der Waals surface area contributed by atoms with Gasteiger partial charge in [0.1, 0.15) is 0 Å². The van der Waals surface area contributed by atoms with Crippen LogP contribution < -0.4 is 25.6 Å². The van der Waals surface area contributed by atoms with Crippen molar-refractivity contribution in [3.05, 3.63) is 52.5 Å². The number of halogens is 1. The number of esters is 1. The van der Waals surface area contributed by atoms with Gasteiger partial charge in [0, 0.05) is 29.1 Å². The van der Waals surface area contributed by atoms with Crippen molar-refractivity contribution < 1.29 is 33.4 Å². The number of hydrogen-bond acceptors (Lipinski definition) is 8. The van der Waals surface area contributed by atoms with Gasteiger partial charge in [0.2, 0.25) is 17.7 Å². The van der Waals surface area contributed by atoms with Gasteiger partial charge >= 0.3 is 5.97 Å². The molecule has 12 heteroatoms. The molecule has 192 valence electrons. The first-order valence-corrected chi connectivity index (χ1v) is 12.2. The number of para-hydroxylation sites is 1. The van der Waals surface area contributed by atoms with Gasteiger partial charge in [0.25, 0.3) is 0 Å². The lowest BCUT2D eigenvalue weighted by atomic mass is 10.0. The van der Waals surface area contributed by atoms with E-state index in [1.165, 1.54) is 33.1 Å². The monoisotopic (exact) mass is 535 g/mol. The second kappa shape index (κ2) is 12.5. The van der Waals surface area contributed by atoms with Gasteiger partial charge in [0.15, 0.2) is 11.5 Å². The van der Waals surface area contributed by atoms with Crippen LogP contribution in [0.1, 0.15) is 35.6 Å². The van der Waals surface area contributed by atoms with E-state index in [-0.39, 0.29) is 25.2 Å². The quantitative estimate of drug-likeness (QED) is 0.347. The van der Waals surface area contributed by atoms with Crippen LogP contribution in [-0.4, -0.2) is 50.3 Å². The van der Waals surface area contributed by atoms with E-state index in [1.807, 2.05) is 12.1 Å².